The number of benzene rings is 3. The van der Waals surface area contributed by atoms with Crippen LogP contribution in [0.4, 0.5) is 0 Å². The van der Waals surface area contributed by atoms with Crippen LogP contribution in [0.25, 0.3) is 0 Å². The van der Waals surface area contributed by atoms with Crippen LogP contribution in [0.15, 0.2) is 60.7 Å². The molecule has 0 fully saturated rings. The van der Waals surface area contributed by atoms with Crippen molar-refractivity contribution < 1.29 is 18.1 Å². The molecule has 0 saturated carbocycles. The highest BCUT2D eigenvalue weighted by Crippen LogP contribution is 2.56. The van der Waals surface area contributed by atoms with Crippen LogP contribution in [0, 0.1) is 20.8 Å². The number of phosphoric ester groups is 1. The molecule has 4 nitrogen and oxygen atoms in total. The molecule has 28 heavy (non-hydrogen) atoms. The quantitative estimate of drug-likeness (QED) is 0.453. The molecule has 1 aliphatic heterocycles. The normalized spacial score (nSPS) is 20.6. The van der Waals surface area contributed by atoms with E-state index < -0.39 is 7.82 Å². The first-order chi connectivity index (χ1) is 13.4. The van der Waals surface area contributed by atoms with E-state index in [9.17, 15) is 4.57 Å². The van der Waals surface area contributed by atoms with Crippen LogP contribution in [0.2, 0.25) is 0 Å². The molecular weight excluding hydrogens is 371 g/mol. The van der Waals surface area contributed by atoms with E-state index in [-0.39, 0.29) is 5.92 Å². The van der Waals surface area contributed by atoms with Crippen molar-refractivity contribution in [2.45, 2.75) is 33.6 Å². The minimum atomic E-state index is -3.97. The summed E-state index contributed by atoms with van der Waals surface area (Å²) in [5, 5.41) is 0. The van der Waals surface area contributed by atoms with E-state index in [0.717, 1.165) is 27.8 Å². The third-order valence-electron chi connectivity index (χ3n) is 5.06. The molecule has 0 aliphatic carbocycles. The van der Waals surface area contributed by atoms with Gasteiger partial charge in [0.15, 0.2) is 0 Å². The molecule has 5 heteroatoms. The van der Waals surface area contributed by atoms with Crippen LogP contribution in [-0.2, 0) is 4.57 Å². The van der Waals surface area contributed by atoms with Gasteiger partial charge in [0.05, 0.1) is 0 Å². The number of para-hydroxylation sites is 2. The van der Waals surface area contributed by atoms with Crippen LogP contribution < -0.4 is 13.6 Å². The van der Waals surface area contributed by atoms with Crippen molar-refractivity contribution in [1.29, 1.82) is 0 Å². The molecule has 1 heterocycles. The Balaban J connectivity index is 1.88. The largest absolute Gasteiger partial charge is 0.647 e. The van der Waals surface area contributed by atoms with Gasteiger partial charge in [0, 0.05) is 17.0 Å². The van der Waals surface area contributed by atoms with Gasteiger partial charge < -0.3 is 13.6 Å². The average Bonchev–Trinajstić information content (AvgIpc) is 2.66. The Bertz CT molecular complexity index is 1010. The van der Waals surface area contributed by atoms with E-state index in [1.165, 1.54) is 0 Å². The molecule has 4 rings (SSSR count). The van der Waals surface area contributed by atoms with Crippen LogP contribution in [-0.4, -0.2) is 0 Å². The van der Waals surface area contributed by atoms with Crippen LogP contribution >= 0.6 is 7.82 Å². The van der Waals surface area contributed by atoms with Crippen molar-refractivity contribution in [3.63, 3.8) is 0 Å². The van der Waals surface area contributed by atoms with Crippen molar-refractivity contribution in [3.05, 3.63) is 88.5 Å². The summed E-state index contributed by atoms with van der Waals surface area (Å²) in [4.78, 5) is 0. The molecule has 0 amide bonds. The zero-order valence-electron chi connectivity index (χ0n) is 16.4. The molecule has 3 aromatic carbocycles. The minimum Gasteiger partial charge on any atom is -0.386 e. The maximum absolute atomic E-state index is 13.7. The maximum Gasteiger partial charge on any atom is 0.647 e. The fraction of sp³-hybridized carbons (Fsp3) is 0.217. The van der Waals surface area contributed by atoms with E-state index in [0.29, 0.717) is 17.2 Å². The van der Waals surface area contributed by atoms with Crippen molar-refractivity contribution in [3.8, 4) is 17.2 Å². The molecule has 0 unspecified atom stereocenters. The van der Waals surface area contributed by atoms with Gasteiger partial charge in [0.2, 0.25) is 0 Å². The van der Waals surface area contributed by atoms with Crippen LogP contribution in [0.5, 0.6) is 17.2 Å². The van der Waals surface area contributed by atoms with Crippen molar-refractivity contribution in [1.82, 2.24) is 0 Å². The fourth-order valence-corrected chi connectivity index (χ4v) is 4.89. The number of aryl methyl sites for hydroxylation is 3. The lowest BCUT2D eigenvalue weighted by atomic mass is 9.89. The SMILES string of the molecule is Cc1ccc(OP2(=O)Oc3c(C)cccc3C(C)c3cccc(C)c3O2)cc1. The predicted molar refractivity (Wildman–Crippen MR) is 111 cm³/mol. The lowest BCUT2D eigenvalue weighted by Crippen LogP contribution is -2.15. The molecule has 1 aliphatic rings. The number of hydrogen-bond donors (Lipinski definition) is 0. The second kappa shape index (κ2) is 7.03. The summed E-state index contributed by atoms with van der Waals surface area (Å²) >= 11 is 0. The standard InChI is InChI=1S/C23H23O4P/c1-15-11-13-19(14-12-15)25-28(24)26-22-16(2)7-5-9-20(22)18(4)21-10-6-8-17(3)23(21)27-28/h5-14,18H,1-4H3. The van der Waals surface area contributed by atoms with Crippen LogP contribution in [0.1, 0.15) is 40.7 Å². The zero-order chi connectivity index (χ0) is 19.9. The average molecular weight is 394 g/mol. The Hall–Kier alpha value is -2.71. The van der Waals surface area contributed by atoms with Gasteiger partial charge >= 0.3 is 7.82 Å². The van der Waals surface area contributed by atoms with E-state index in [1.807, 2.05) is 69.3 Å². The molecule has 0 N–H and O–H groups in total. The van der Waals surface area contributed by atoms with Gasteiger partial charge in [-0.25, -0.2) is 0 Å². The maximum atomic E-state index is 13.7. The molecule has 0 saturated heterocycles. The molecule has 0 atom stereocenters. The molecule has 0 spiro atoms. The summed E-state index contributed by atoms with van der Waals surface area (Å²) in [5.74, 6) is 1.57. The summed E-state index contributed by atoms with van der Waals surface area (Å²) in [5.41, 5.74) is 4.78. The van der Waals surface area contributed by atoms with E-state index in [2.05, 4.69) is 6.92 Å². The highest BCUT2D eigenvalue weighted by atomic mass is 31.2. The molecule has 0 bridgehead atoms. The molecule has 0 radical (unpaired) electrons. The number of hydrogen-bond acceptors (Lipinski definition) is 4. The Morgan fingerprint density at radius 1 is 0.786 bits per heavy atom. The van der Waals surface area contributed by atoms with Gasteiger partial charge in [0.25, 0.3) is 0 Å². The lowest BCUT2D eigenvalue weighted by molar-refractivity contribution is 0.291. The monoisotopic (exact) mass is 394 g/mol. The smallest absolute Gasteiger partial charge is 0.386 e. The molecule has 0 aromatic heterocycles. The van der Waals surface area contributed by atoms with Gasteiger partial charge in [-0.1, -0.05) is 61.0 Å². The van der Waals surface area contributed by atoms with Crippen molar-refractivity contribution in [2.75, 3.05) is 0 Å². The van der Waals surface area contributed by atoms with Gasteiger partial charge in [-0.2, -0.15) is 4.57 Å². The van der Waals surface area contributed by atoms with E-state index >= 15 is 0 Å². The second-order valence-electron chi connectivity index (χ2n) is 7.24. The number of rotatable bonds is 2. The summed E-state index contributed by atoms with van der Waals surface area (Å²) in [6, 6.07) is 19.1. The fourth-order valence-electron chi connectivity index (χ4n) is 3.46. The molecule has 3 aromatic rings. The van der Waals surface area contributed by atoms with Gasteiger partial charge in [0.1, 0.15) is 17.2 Å². The Labute approximate surface area is 165 Å². The summed E-state index contributed by atoms with van der Waals surface area (Å²) < 4.78 is 31.5. The first kappa shape index (κ1) is 18.6. The Morgan fingerprint density at radius 2 is 1.29 bits per heavy atom. The molecular formula is C23H23O4P. The highest BCUT2D eigenvalue weighted by molar-refractivity contribution is 7.49. The summed E-state index contributed by atoms with van der Waals surface area (Å²) in [7, 11) is -3.97. The highest BCUT2D eigenvalue weighted by Gasteiger charge is 2.39. The minimum absolute atomic E-state index is 0.0259. The van der Waals surface area contributed by atoms with E-state index in [4.69, 9.17) is 13.6 Å². The third kappa shape index (κ3) is 3.41. The van der Waals surface area contributed by atoms with Gasteiger partial charge in [-0.15, -0.1) is 0 Å². The number of fused-ring (bicyclic) bond motifs is 2. The summed E-state index contributed by atoms with van der Waals surface area (Å²) in [6.45, 7) is 7.94. The first-order valence-corrected chi connectivity index (χ1v) is 10.8. The topological polar surface area (TPSA) is 44.8 Å². The van der Waals surface area contributed by atoms with Gasteiger partial charge in [-0.05, 0) is 44.0 Å². The lowest BCUT2D eigenvalue weighted by Gasteiger charge is -2.29. The van der Waals surface area contributed by atoms with Crippen molar-refractivity contribution in [2.24, 2.45) is 0 Å². The number of phosphoric acid groups is 1. The van der Waals surface area contributed by atoms with Crippen molar-refractivity contribution >= 4 is 7.82 Å². The third-order valence-corrected chi connectivity index (χ3v) is 6.31. The Morgan fingerprint density at radius 3 is 1.79 bits per heavy atom. The van der Waals surface area contributed by atoms with Crippen LogP contribution in [0.3, 0.4) is 0 Å². The first-order valence-electron chi connectivity index (χ1n) is 9.31. The zero-order valence-corrected chi connectivity index (χ0v) is 17.3. The Kier molecular flexibility index (Phi) is 4.68. The predicted octanol–water partition coefficient (Wildman–Crippen LogP) is 6.72. The second-order valence-corrected chi connectivity index (χ2v) is 8.68. The summed E-state index contributed by atoms with van der Waals surface area (Å²) in [6.07, 6.45) is 0. The van der Waals surface area contributed by atoms with E-state index in [1.54, 1.807) is 12.1 Å². The molecule has 144 valence electrons. The van der Waals surface area contributed by atoms with Gasteiger partial charge in [-0.3, -0.25) is 0 Å².